The summed E-state index contributed by atoms with van der Waals surface area (Å²) in [7, 11) is 2.08. The number of hydrogen-bond acceptors (Lipinski definition) is 7. The van der Waals surface area contributed by atoms with Crippen LogP contribution in [0, 0.1) is 37.9 Å². The van der Waals surface area contributed by atoms with Crippen molar-refractivity contribution in [3.05, 3.63) is 59.4 Å². The van der Waals surface area contributed by atoms with E-state index in [9.17, 15) is 10.1 Å². The van der Waals surface area contributed by atoms with E-state index in [1.807, 2.05) is 49.7 Å². The summed E-state index contributed by atoms with van der Waals surface area (Å²) >= 11 is 0. The van der Waals surface area contributed by atoms with Crippen molar-refractivity contribution in [2.45, 2.75) is 71.0 Å². The van der Waals surface area contributed by atoms with Crippen LogP contribution in [0.1, 0.15) is 54.8 Å². The summed E-state index contributed by atoms with van der Waals surface area (Å²) < 4.78 is 25.0. The van der Waals surface area contributed by atoms with Gasteiger partial charge < -0.3 is 14.5 Å². The number of amides is 1. The second-order valence-electron chi connectivity index (χ2n) is 12.2. The van der Waals surface area contributed by atoms with Crippen LogP contribution in [0.2, 0.25) is 0 Å². The van der Waals surface area contributed by atoms with Crippen molar-refractivity contribution in [2.24, 2.45) is 0 Å². The lowest BCUT2D eigenvalue weighted by Gasteiger charge is -2.38. The molecular formula is C34H38FN7O2. The molecule has 2 aliphatic heterocycles. The molecule has 0 saturated carbocycles. The molecule has 4 aromatic rings. The Morgan fingerprint density at radius 1 is 1.18 bits per heavy atom. The minimum atomic E-state index is -0.403. The summed E-state index contributed by atoms with van der Waals surface area (Å²) in [4.78, 5) is 21.3. The highest BCUT2D eigenvalue weighted by Crippen LogP contribution is 2.40. The molecule has 2 saturated heterocycles. The van der Waals surface area contributed by atoms with Crippen LogP contribution >= 0.6 is 0 Å². The summed E-state index contributed by atoms with van der Waals surface area (Å²) in [5.41, 5.74) is 5.61. The van der Waals surface area contributed by atoms with Gasteiger partial charge in [-0.25, -0.2) is 14.1 Å². The fourth-order valence-electron chi connectivity index (χ4n) is 6.93. The van der Waals surface area contributed by atoms with Crippen molar-refractivity contribution < 1.29 is 13.9 Å². The maximum Gasteiger partial charge on any atom is 0.246 e. The number of carbonyl (C=O) groups excluding carboxylic acids is 1. The molecule has 0 N–H and O–H groups in total. The van der Waals surface area contributed by atoms with Gasteiger partial charge in [0.05, 0.1) is 18.5 Å². The minimum absolute atomic E-state index is 0.159. The van der Waals surface area contributed by atoms with E-state index in [1.165, 1.54) is 6.08 Å². The van der Waals surface area contributed by atoms with Gasteiger partial charge in [-0.1, -0.05) is 30.0 Å². The van der Waals surface area contributed by atoms with Gasteiger partial charge in [0.2, 0.25) is 11.8 Å². The maximum atomic E-state index is 16.8. The number of nitriles is 1. The third kappa shape index (κ3) is 5.09. The third-order valence-corrected chi connectivity index (χ3v) is 9.58. The van der Waals surface area contributed by atoms with E-state index < -0.39 is 5.82 Å². The molecule has 0 aliphatic carbocycles. The zero-order valence-electron chi connectivity index (χ0n) is 25.8. The molecule has 0 radical (unpaired) electrons. The van der Waals surface area contributed by atoms with Crippen molar-refractivity contribution in [3.8, 4) is 23.1 Å². The number of piperidine rings is 1. The van der Waals surface area contributed by atoms with Gasteiger partial charge in [-0.2, -0.15) is 5.26 Å². The third-order valence-electron chi connectivity index (χ3n) is 9.58. The first kappa shape index (κ1) is 29.7. The van der Waals surface area contributed by atoms with E-state index in [2.05, 4.69) is 34.9 Å². The van der Waals surface area contributed by atoms with Gasteiger partial charge in [0, 0.05) is 29.6 Å². The van der Waals surface area contributed by atoms with Gasteiger partial charge >= 0.3 is 0 Å². The molecule has 6 rings (SSSR count). The maximum absolute atomic E-state index is 16.8. The normalized spacial score (nSPS) is 20.7. The van der Waals surface area contributed by atoms with E-state index in [-0.39, 0.29) is 41.9 Å². The van der Waals surface area contributed by atoms with Crippen molar-refractivity contribution in [1.29, 1.82) is 5.26 Å². The lowest BCUT2D eigenvalue weighted by atomic mass is 9.92. The largest absolute Gasteiger partial charge is 0.474 e. The molecule has 44 heavy (non-hydrogen) atoms. The highest BCUT2D eigenvalue weighted by atomic mass is 19.1. The molecule has 9 nitrogen and oxygen atoms in total. The first-order chi connectivity index (χ1) is 21.2. The van der Waals surface area contributed by atoms with Crippen LogP contribution in [0.15, 0.2) is 36.9 Å². The van der Waals surface area contributed by atoms with Crippen molar-refractivity contribution >= 4 is 27.8 Å². The number of ether oxygens (including phenoxy) is 1. The second-order valence-corrected chi connectivity index (χ2v) is 12.2. The molecule has 4 heterocycles. The van der Waals surface area contributed by atoms with Crippen molar-refractivity contribution in [2.75, 3.05) is 26.7 Å². The molecule has 2 aromatic carbocycles. The predicted molar refractivity (Wildman–Crippen MR) is 168 cm³/mol. The number of rotatable bonds is 7. The fourth-order valence-corrected chi connectivity index (χ4v) is 6.93. The summed E-state index contributed by atoms with van der Waals surface area (Å²) in [5.74, 6) is -0.326. The quantitative estimate of drug-likeness (QED) is 0.248. The number of aryl methyl sites for hydroxylation is 2. The summed E-state index contributed by atoms with van der Waals surface area (Å²) in [6.45, 7) is 11.5. The van der Waals surface area contributed by atoms with Crippen LogP contribution in [-0.4, -0.2) is 74.5 Å². The molecule has 228 valence electrons. The van der Waals surface area contributed by atoms with Gasteiger partial charge in [-0.15, -0.1) is 5.10 Å². The summed E-state index contributed by atoms with van der Waals surface area (Å²) in [5, 5.41) is 19.3. The van der Waals surface area contributed by atoms with Crippen LogP contribution in [0.25, 0.3) is 33.1 Å². The Balaban J connectivity index is 1.52. The molecule has 0 unspecified atom stereocenters. The van der Waals surface area contributed by atoms with Crippen molar-refractivity contribution in [3.63, 3.8) is 0 Å². The Kier molecular flexibility index (Phi) is 8.08. The molecule has 1 amide bonds. The molecule has 10 heteroatoms. The smallest absolute Gasteiger partial charge is 0.246 e. The summed E-state index contributed by atoms with van der Waals surface area (Å²) in [6.07, 6.45) is 4.73. The van der Waals surface area contributed by atoms with Crippen LogP contribution in [0.4, 0.5) is 4.39 Å². The lowest BCUT2D eigenvalue weighted by Crippen LogP contribution is -2.45. The van der Waals surface area contributed by atoms with E-state index >= 15 is 4.39 Å². The van der Waals surface area contributed by atoms with Crippen LogP contribution in [0.3, 0.4) is 0 Å². The van der Waals surface area contributed by atoms with E-state index in [0.717, 1.165) is 41.6 Å². The Morgan fingerprint density at radius 2 is 2.00 bits per heavy atom. The van der Waals surface area contributed by atoms with Gasteiger partial charge in [0.15, 0.2) is 11.3 Å². The molecule has 2 aliphatic rings. The van der Waals surface area contributed by atoms with E-state index in [4.69, 9.17) is 9.72 Å². The second kappa shape index (κ2) is 12.0. The first-order valence-corrected chi connectivity index (χ1v) is 15.3. The van der Waals surface area contributed by atoms with Gasteiger partial charge in [-0.3, -0.25) is 4.79 Å². The number of fused-ring (bicyclic) bond motifs is 3. The monoisotopic (exact) mass is 595 g/mol. The highest BCUT2D eigenvalue weighted by Gasteiger charge is 2.34. The van der Waals surface area contributed by atoms with Gasteiger partial charge in [-0.05, 0) is 94.4 Å². The number of hydrogen-bond donors (Lipinski definition) is 0. The molecule has 3 atom stereocenters. The van der Waals surface area contributed by atoms with E-state index in [0.29, 0.717) is 48.0 Å². The first-order valence-electron chi connectivity index (χ1n) is 15.3. The standard InChI is InChI=1S/C34H38FN7O2/c1-6-28(43)41-16-13-24(18-23(41)12-14-36)42-33-27-17-21(3)29(26-11-7-9-20(2)22(26)4)30(35)31(27)37-34(32(33)38-39-42)44-19-25-10-8-15-40(25)5/h6-7,9,11,17,23-25H,1,8,10,12-13,15-16,18-19H2,2-5H3/t23-,24+,25+/m1/s1. The molecule has 0 spiro atoms. The topological polar surface area (TPSA) is 100 Å². The fraction of sp³-hybridized carbons (Fsp3) is 0.441. The molecule has 2 aromatic heterocycles. The zero-order valence-corrected chi connectivity index (χ0v) is 25.8. The number of nitrogens with zero attached hydrogens (tertiary/aromatic N) is 7. The average Bonchev–Trinajstić information content (AvgIpc) is 3.65. The number of carbonyl (C=O) groups is 1. The Hall–Kier alpha value is -4.36. The minimum Gasteiger partial charge on any atom is -0.474 e. The number of likely N-dealkylation sites (N-methyl/N-ethyl adjacent to an activating group) is 1. The lowest BCUT2D eigenvalue weighted by molar-refractivity contribution is -0.130. The van der Waals surface area contributed by atoms with Crippen LogP contribution in [0.5, 0.6) is 5.88 Å². The van der Waals surface area contributed by atoms with Gasteiger partial charge in [0.25, 0.3) is 0 Å². The number of halogens is 1. The molecular weight excluding hydrogens is 557 g/mol. The Labute approximate surface area is 256 Å². The molecule has 2 fully saturated rings. The Bertz CT molecular complexity index is 1810. The summed E-state index contributed by atoms with van der Waals surface area (Å²) in [6, 6.07) is 9.91. The zero-order chi connectivity index (χ0) is 31.1. The van der Waals surface area contributed by atoms with E-state index in [1.54, 1.807) is 4.90 Å². The number of aromatic nitrogens is 4. The van der Waals surface area contributed by atoms with Crippen LogP contribution in [-0.2, 0) is 4.79 Å². The number of likely N-dealkylation sites (tertiary alicyclic amines) is 2. The highest BCUT2D eigenvalue weighted by molar-refractivity contribution is 6.06. The number of pyridine rings is 1. The average molecular weight is 596 g/mol. The van der Waals surface area contributed by atoms with Crippen molar-refractivity contribution in [1.82, 2.24) is 29.8 Å². The molecule has 0 bridgehead atoms. The predicted octanol–water partition coefficient (Wildman–Crippen LogP) is 5.82. The number of benzene rings is 2. The van der Waals surface area contributed by atoms with Crippen LogP contribution < -0.4 is 4.74 Å². The Morgan fingerprint density at radius 3 is 2.73 bits per heavy atom. The SMILES string of the molecule is C=CC(=O)N1CC[C@H](n2nnc3c(OC[C@@H]4CCCN4C)nc4c(F)c(-c5cccc(C)c5C)c(C)cc4c32)C[C@H]1CC#N. The van der Waals surface area contributed by atoms with Gasteiger partial charge in [0.1, 0.15) is 17.6 Å².